The number of nitrogens with two attached hydrogens (primary N) is 1. The predicted octanol–water partition coefficient (Wildman–Crippen LogP) is 0.480. The first kappa shape index (κ1) is 10.9. The summed E-state index contributed by atoms with van der Waals surface area (Å²) in [6.45, 7) is 2.37. The van der Waals surface area contributed by atoms with E-state index in [-0.39, 0.29) is 6.54 Å². The molecule has 1 aliphatic rings. The smallest absolute Gasteiger partial charge is 0.264 e. The van der Waals surface area contributed by atoms with Gasteiger partial charge in [0.15, 0.2) is 0 Å². The molecule has 0 radical (unpaired) electrons. The minimum Gasteiger partial charge on any atom is -0.328 e. The number of hydrogen-bond donors (Lipinski definition) is 1. The third-order valence-corrected chi connectivity index (χ3v) is 3.17. The summed E-state index contributed by atoms with van der Waals surface area (Å²) in [5, 5.41) is 0. The molecule has 0 aromatic carbocycles. The fourth-order valence-electron chi connectivity index (χ4n) is 1.96. The van der Waals surface area contributed by atoms with Crippen LogP contribution in [0.25, 0.3) is 0 Å². The molecule has 0 aromatic heterocycles. The molecule has 1 rings (SSSR count). The lowest BCUT2D eigenvalue weighted by Crippen LogP contribution is -2.39. The van der Waals surface area contributed by atoms with Crippen molar-refractivity contribution in [1.82, 2.24) is 0 Å². The van der Waals surface area contributed by atoms with E-state index in [0.29, 0.717) is 5.92 Å². The van der Waals surface area contributed by atoms with E-state index in [2.05, 4.69) is 6.92 Å². The molecular weight excluding hydrogens is 190 g/mol. The quantitative estimate of drug-likeness (QED) is 0.683. The van der Waals surface area contributed by atoms with Crippen LogP contribution in [-0.2, 0) is 14.3 Å². The van der Waals surface area contributed by atoms with E-state index in [1.54, 1.807) is 0 Å². The van der Waals surface area contributed by atoms with Crippen molar-refractivity contribution in [3.05, 3.63) is 0 Å². The minimum absolute atomic E-state index is 0.282. The van der Waals surface area contributed by atoms with Crippen molar-refractivity contribution in [2.24, 2.45) is 11.7 Å². The van der Waals surface area contributed by atoms with Crippen molar-refractivity contribution in [1.29, 1.82) is 0 Å². The monoisotopic (exact) mass is 207 g/mol. The molecule has 0 amide bonds. The van der Waals surface area contributed by atoms with Crippen molar-refractivity contribution in [2.75, 3.05) is 12.8 Å². The molecule has 2 unspecified atom stereocenters. The van der Waals surface area contributed by atoms with E-state index >= 15 is 0 Å². The molecular formula is C8H17NO3S. The minimum atomic E-state index is -3.38. The van der Waals surface area contributed by atoms with Gasteiger partial charge in [-0.2, -0.15) is 8.42 Å². The van der Waals surface area contributed by atoms with Gasteiger partial charge in [-0.3, -0.25) is 4.18 Å². The van der Waals surface area contributed by atoms with Crippen LogP contribution in [0.15, 0.2) is 0 Å². The second-order valence-corrected chi connectivity index (χ2v) is 5.60. The fraction of sp³-hybridized carbons (Fsp3) is 1.00. The number of rotatable bonds is 3. The zero-order valence-electron chi connectivity index (χ0n) is 8.12. The van der Waals surface area contributed by atoms with E-state index in [4.69, 9.17) is 9.92 Å². The van der Waals surface area contributed by atoms with Gasteiger partial charge in [-0.1, -0.05) is 6.92 Å². The van der Waals surface area contributed by atoms with Gasteiger partial charge in [0, 0.05) is 6.54 Å². The summed E-state index contributed by atoms with van der Waals surface area (Å²) in [5.74, 6) is 0.505. The van der Waals surface area contributed by atoms with Crippen LogP contribution in [0.2, 0.25) is 0 Å². The summed E-state index contributed by atoms with van der Waals surface area (Å²) in [5.41, 5.74) is 4.93. The van der Waals surface area contributed by atoms with E-state index < -0.39 is 15.7 Å². The largest absolute Gasteiger partial charge is 0.328 e. The molecule has 2 atom stereocenters. The van der Waals surface area contributed by atoms with Gasteiger partial charge in [0.05, 0.1) is 6.26 Å². The van der Waals surface area contributed by atoms with Gasteiger partial charge in [-0.25, -0.2) is 0 Å². The van der Waals surface area contributed by atoms with Crippen LogP contribution in [0, 0.1) is 5.92 Å². The van der Waals surface area contributed by atoms with E-state index in [1.807, 2.05) is 0 Å². The van der Waals surface area contributed by atoms with Gasteiger partial charge in [0.2, 0.25) is 0 Å². The first-order valence-electron chi connectivity index (χ1n) is 4.48. The Morgan fingerprint density at radius 1 is 1.62 bits per heavy atom. The zero-order valence-corrected chi connectivity index (χ0v) is 8.93. The van der Waals surface area contributed by atoms with Crippen LogP contribution < -0.4 is 5.73 Å². The highest BCUT2D eigenvalue weighted by Gasteiger charge is 2.40. The Morgan fingerprint density at radius 3 is 2.54 bits per heavy atom. The van der Waals surface area contributed by atoms with E-state index in [0.717, 1.165) is 25.5 Å². The van der Waals surface area contributed by atoms with Crippen molar-refractivity contribution >= 4 is 10.1 Å². The van der Waals surface area contributed by atoms with E-state index in [9.17, 15) is 8.42 Å². The first-order valence-corrected chi connectivity index (χ1v) is 6.29. The summed E-state index contributed by atoms with van der Waals surface area (Å²) in [4.78, 5) is 0. The maximum Gasteiger partial charge on any atom is 0.264 e. The maximum absolute atomic E-state index is 11.0. The molecule has 0 heterocycles. The predicted molar refractivity (Wildman–Crippen MR) is 50.7 cm³/mol. The molecule has 1 saturated carbocycles. The van der Waals surface area contributed by atoms with Crippen molar-refractivity contribution in [3.8, 4) is 0 Å². The lowest BCUT2D eigenvalue weighted by atomic mass is 10.0. The average Bonchev–Trinajstić information content (AvgIpc) is 2.29. The Labute approximate surface area is 79.6 Å². The van der Waals surface area contributed by atoms with Gasteiger partial charge in [-0.15, -0.1) is 0 Å². The molecule has 0 bridgehead atoms. The second-order valence-electron chi connectivity index (χ2n) is 4.02. The molecule has 0 aliphatic heterocycles. The van der Waals surface area contributed by atoms with Crippen LogP contribution in [0.1, 0.15) is 26.2 Å². The standard InChI is InChI=1S/C8H17NO3S/c1-7-3-4-8(5-7,6-9)12-13(2,10)11/h7H,3-6,9H2,1-2H3. The molecule has 0 spiro atoms. The fourth-order valence-corrected chi connectivity index (χ4v) is 2.83. The highest BCUT2D eigenvalue weighted by molar-refractivity contribution is 7.86. The first-order chi connectivity index (χ1) is 5.87. The van der Waals surface area contributed by atoms with Crippen LogP contribution >= 0.6 is 0 Å². The van der Waals surface area contributed by atoms with Gasteiger partial charge in [-0.05, 0) is 25.2 Å². The molecule has 78 valence electrons. The van der Waals surface area contributed by atoms with Crippen molar-refractivity contribution < 1.29 is 12.6 Å². The van der Waals surface area contributed by atoms with Crippen LogP contribution in [0.3, 0.4) is 0 Å². The molecule has 5 heteroatoms. The number of hydrogen-bond acceptors (Lipinski definition) is 4. The molecule has 2 N–H and O–H groups in total. The Balaban J connectivity index is 2.72. The summed E-state index contributed by atoms with van der Waals surface area (Å²) in [6.07, 6.45) is 3.56. The lowest BCUT2D eigenvalue weighted by molar-refractivity contribution is 0.0908. The second kappa shape index (κ2) is 3.55. The topological polar surface area (TPSA) is 69.4 Å². The zero-order chi connectivity index (χ0) is 10.1. The molecule has 0 saturated heterocycles. The summed E-state index contributed by atoms with van der Waals surface area (Å²) < 4.78 is 27.0. The van der Waals surface area contributed by atoms with Gasteiger partial charge in [0.25, 0.3) is 10.1 Å². The van der Waals surface area contributed by atoms with Crippen molar-refractivity contribution in [2.45, 2.75) is 31.8 Å². The van der Waals surface area contributed by atoms with E-state index in [1.165, 1.54) is 0 Å². The molecule has 1 fully saturated rings. The SMILES string of the molecule is CC1CCC(CN)(OS(C)(=O)=O)C1. The molecule has 1 aliphatic carbocycles. The third kappa shape index (κ3) is 2.93. The van der Waals surface area contributed by atoms with Crippen LogP contribution in [0.5, 0.6) is 0 Å². The lowest BCUT2D eigenvalue weighted by Gasteiger charge is -2.25. The van der Waals surface area contributed by atoms with Crippen molar-refractivity contribution in [3.63, 3.8) is 0 Å². The molecule has 4 nitrogen and oxygen atoms in total. The van der Waals surface area contributed by atoms with Crippen LogP contribution in [-0.4, -0.2) is 26.8 Å². The molecule has 13 heavy (non-hydrogen) atoms. The highest BCUT2D eigenvalue weighted by atomic mass is 32.2. The summed E-state index contributed by atoms with van der Waals surface area (Å²) >= 11 is 0. The summed E-state index contributed by atoms with van der Waals surface area (Å²) in [7, 11) is -3.38. The Kier molecular flexibility index (Phi) is 2.99. The maximum atomic E-state index is 11.0. The Morgan fingerprint density at radius 2 is 2.23 bits per heavy atom. The normalized spacial score (nSPS) is 35.2. The Bertz CT molecular complexity index is 275. The van der Waals surface area contributed by atoms with Gasteiger partial charge < -0.3 is 5.73 Å². The van der Waals surface area contributed by atoms with Gasteiger partial charge >= 0.3 is 0 Å². The highest BCUT2D eigenvalue weighted by Crippen LogP contribution is 2.37. The average molecular weight is 207 g/mol. The Hall–Kier alpha value is -0.130. The van der Waals surface area contributed by atoms with Crippen LogP contribution in [0.4, 0.5) is 0 Å². The molecule has 0 aromatic rings. The van der Waals surface area contributed by atoms with Gasteiger partial charge in [0.1, 0.15) is 5.60 Å². The summed E-state index contributed by atoms with van der Waals surface area (Å²) in [6, 6.07) is 0. The third-order valence-electron chi connectivity index (χ3n) is 2.51.